The Hall–Kier alpha value is -1.58. The first kappa shape index (κ1) is 30.4. The number of allylic oxidation sites excluding steroid dienone is 1. The van der Waals surface area contributed by atoms with Crippen LogP contribution in [-0.2, 0) is 14.3 Å². The van der Waals surface area contributed by atoms with Crippen LogP contribution in [0.1, 0.15) is 130 Å². The van der Waals surface area contributed by atoms with Crippen molar-refractivity contribution < 1.29 is 14.3 Å². The first-order valence-electron chi connectivity index (χ1n) is 16.5. The van der Waals surface area contributed by atoms with Crippen molar-refractivity contribution in [3.05, 3.63) is 24.3 Å². The van der Waals surface area contributed by atoms with Crippen LogP contribution in [0.25, 0.3) is 0 Å². The zero-order chi connectivity index (χ0) is 28.0. The van der Waals surface area contributed by atoms with Gasteiger partial charge < -0.3 is 10.1 Å². The first-order valence-corrected chi connectivity index (χ1v) is 16.5. The average Bonchev–Trinajstić information content (AvgIpc) is 3.24. The van der Waals surface area contributed by atoms with Gasteiger partial charge in [-0.2, -0.15) is 0 Å². The number of esters is 1. The van der Waals surface area contributed by atoms with Crippen molar-refractivity contribution in [1.29, 1.82) is 0 Å². The summed E-state index contributed by atoms with van der Waals surface area (Å²) in [6.45, 7) is 14.0. The van der Waals surface area contributed by atoms with Gasteiger partial charge in [0.05, 0.1) is 0 Å². The van der Waals surface area contributed by atoms with E-state index < -0.39 is 0 Å². The molecule has 4 aliphatic rings. The summed E-state index contributed by atoms with van der Waals surface area (Å²) in [4.78, 5) is 23.8. The van der Waals surface area contributed by atoms with Crippen molar-refractivity contribution in [3.8, 4) is 0 Å². The highest BCUT2D eigenvalue weighted by atomic mass is 16.5. The minimum atomic E-state index is -0.135. The summed E-state index contributed by atoms with van der Waals surface area (Å²) in [7, 11) is 0. The molecule has 39 heavy (non-hydrogen) atoms. The largest absolute Gasteiger partial charge is 0.462 e. The summed E-state index contributed by atoms with van der Waals surface area (Å²) in [6.07, 6.45) is 22.8. The van der Waals surface area contributed by atoms with Gasteiger partial charge in [0, 0.05) is 19.4 Å². The van der Waals surface area contributed by atoms with Crippen LogP contribution in [0, 0.1) is 40.4 Å². The molecule has 0 saturated heterocycles. The number of carbonyl (C=O) groups excluding carboxylic acids is 2. The summed E-state index contributed by atoms with van der Waals surface area (Å²) in [5.74, 6) is 4.17. The number of nitrogens with one attached hydrogen (secondary N) is 1. The van der Waals surface area contributed by atoms with Crippen molar-refractivity contribution in [2.75, 3.05) is 6.54 Å². The van der Waals surface area contributed by atoms with Gasteiger partial charge in [0.25, 0.3) is 0 Å². The number of amides is 1. The molecule has 1 N–H and O–H groups in total. The molecule has 4 unspecified atom stereocenters. The molecule has 0 spiro atoms. The fourth-order valence-corrected chi connectivity index (χ4v) is 9.35. The van der Waals surface area contributed by atoms with Crippen LogP contribution in [0.2, 0.25) is 0 Å². The maximum absolute atomic E-state index is 12.6. The molecule has 220 valence electrons. The second kappa shape index (κ2) is 13.4. The third kappa shape index (κ3) is 7.02. The SMILES string of the molecule is C=CC(=O)NCCCCCC(=O)OC1CC[C@]2(C)C(=CCC3C2CC[C@]2(C)C3CC[C@H]2CCCCC(C)C)C1. The highest BCUT2D eigenvalue weighted by molar-refractivity contribution is 5.86. The van der Waals surface area contributed by atoms with E-state index >= 15 is 0 Å². The maximum Gasteiger partial charge on any atom is 0.306 e. The van der Waals surface area contributed by atoms with Crippen LogP contribution in [0.15, 0.2) is 24.3 Å². The zero-order valence-corrected chi connectivity index (χ0v) is 25.6. The molecule has 0 aromatic carbocycles. The monoisotopic (exact) mass is 539 g/mol. The fourth-order valence-electron chi connectivity index (χ4n) is 9.35. The van der Waals surface area contributed by atoms with Crippen molar-refractivity contribution in [1.82, 2.24) is 5.32 Å². The summed E-state index contributed by atoms with van der Waals surface area (Å²) < 4.78 is 5.98. The Morgan fingerprint density at radius 2 is 1.87 bits per heavy atom. The Morgan fingerprint density at radius 3 is 2.64 bits per heavy atom. The van der Waals surface area contributed by atoms with E-state index in [-0.39, 0.29) is 18.0 Å². The third-order valence-electron chi connectivity index (χ3n) is 11.7. The fraction of sp³-hybridized carbons (Fsp3) is 0.829. The van der Waals surface area contributed by atoms with Gasteiger partial charge in [-0.25, -0.2) is 0 Å². The summed E-state index contributed by atoms with van der Waals surface area (Å²) in [6, 6.07) is 0. The average molecular weight is 540 g/mol. The molecule has 0 aromatic rings. The van der Waals surface area contributed by atoms with E-state index in [9.17, 15) is 9.59 Å². The van der Waals surface area contributed by atoms with Crippen LogP contribution in [0.4, 0.5) is 0 Å². The molecule has 4 aliphatic carbocycles. The van der Waals surface area contributed by atoms with Crippen molar-refractivity contribution in [2.24, 2.45) is 40.4 Å². The lowest BCUT2D eigenvalue weighted by Gasteiger charge is -2.58. The van der Waals surface area contributed by atoms with Gasteiger partial charge in [0.2, 0.25) is 5.91 Å². The number of unbranched alkanes of at least 4 members (excludes halogenated alkanes) is 3. The van der Waals surface area contributed by atoms with E-state index in [1.807, 2.05) is 0 Å². The predicted molar refractivity (Wildman–Crippen MR) is 160 cm³/mol. The molecule has 3 fully saturated rings. The van der Waals surface area contributed by atoms with Gasteiger partial charge in [-0.05, 0) is 111 Å². The quantitative estimate of drug-likeness (QED) is 0.110. The van der Waals surface area contributed by atoms with E-state index in [0.717, 1.165) is 61.7 Å². The summed E-state index contributed by atoms with van der Waals surface area (Å²) in [5, 5.41) is 2.79. The molecule has 1 amide bonds. The molecule has 7 atom stereocenters. The highest BCUT2D eigenvalue weighted by Gasteiger charge is 2.58. The molecule has 4 heteroatoms. The lowest BCUT2D eigenvalue weighted by molar-refractivity contribution is -0.151. The smallest absolute Gasteiger partial charge is 0.306 e. The lowest BCUT2D eigenvalue weighted by atomic mass is 9.47. The highest BCUT2D eigenvalue weighted by Crippen LogP contribution is 2.66. The Balaban J connectivity index is 1.25. The molecular formula is C35H57NO3. The molecule has 4 rings (SSSR count). The Bertz CT molecular complexity index is 892. The van der Waals surface area contributed by atoms with Gasteiger partial charge in [0.15, 0.2) is 0 Å². The molecule has 3 saturated carbocycles. The third-order valence-corrected chi connectivity index (χ3v) is 11.7. The van der Waals surface area contributed by atoms with Crippen molar-refractivity contribution >= 4 is 11.9 Å². The zero-order valence-electron chi connectivity index (χ0n) is 25.6. The standard InChI is InChI=1S/C35H57NO3/c1-6-32(37)36-23-11-7-8-14-33(38)39-28-19-21-35(5)27(24-28)15-17-29-30-18-16-26(13-10-9-12-25(2)3)34(30,4)22-20-31(29)35/h6,15,25-26,28-31H,1,7-14,16-24H2,2-5H3,(H,36,37)/t26-,28?,29?,30?,31?,34+,35-/m1/s1. The van der Waals surface area contributed by atoms with E-state index in [1.165, 1.54) is 70.3 Å². The van der Waals surface area contributed by atoms with Crippen LogP contribution in [-0.4, -0.2) is 24.5 Å². The van der Waals surface area contributed by atoms with Gasteiger partial charge in [-0.3, -0.25) is 9.59 Å². The second-order valence-corrected chi connectivity index (χ2v) is 14.4. The van der Waals surface area contributed by atoms with Crippen LogP contribution in [0.3, 0.4) is 0 Å². The van der Waals surface area contributed by atoms with E-state index in [1.54, 1.807) is 5.57 Å². The van der Waals surface area contributed by atoms with Crippen molar-refractivity contribution in [3.63, 3.8) is 0 Å². The lowest BCUT2D eigenvalue weighted by Crippen LogP contribution is -2.50. The van der Waals surface area contributed by atoms with Gasteiger partial charge >= 0.3 is 5.97 Å². The minimum absolute atomic E-state index is 0.0492. The van der Waals surface area contributed by atoms with Gasteiger partial charge in [-0.1, -0.05) is 71.6 Å². The Labute approximate surface area is 239 Å². The maximum atomic E-state index is 12.6. The molecular weight excluding hydrogens is 482 g/mol. The van der Waals surface area contributed by atoms with E-state index in [2.05, 4.69) is 45.7 Å². The molecule has 0 bridgehead atoms. The second-order valence-electron chi connectivity index (χ2n) is 14.4. The van der Waals surface area contributed by atoms with Crippen LogP contribution >= 0.6 is 0 Å². The number of fused-ring (bicyclic) bond motifs is 5. The summed E-state index contributed by atoms with van der Waals surface area (Å²) in [5.41, 5.74) is 2.46. The van der Waals surface area contributed by atoms with E-state index in [0.29, 0.717) is 23.8 Å². The first-order chi connectivity index (χ1) is 18.7. The summed E-state index contributed by atoms with van der Waals surface area (Å²) >= 11 is 0. The number of rotatable bonds is 13. The van der Waals surface area contributed by atoms with Crippen LogP contribution in [0.5, 0.6) is 0 Å². The number of hydrogen-bond acceptors (Lipinski definition) is 3. The molecule has 0 aromatic heterocycles. The molecule has 0 radical (unpaired) electrons. The van der Waals surface area contributed by atoms with Gasteiger partial charge in [-0.15, -0.1) is 0 Å². The van der Waals surface area contributed by atoms with Gasteiger partial charge in [0.1, 0.15) is 6.10 Å². The van der Waals surface area contributed by atoms with Crippen LogP contribution < -0.4 is 5.32 Å². The predicted octanol–water partition coefficient (Wildman–Crippen LogP) is 8.56. The molecule has 0 aliphatic heterocycles. The van der Waals surface area contributed by atoms with E-state index in [4.69, 9.17) is 4.74 Å². The molecule has 0 heterocycles. The number of hydrogen-bond donors (Lipinski definition) is 1. The topological polar surface area (TPSA) is 55.4 Å². The number of carbonyl (C=O) groups is 2. The Kier molecular flexibility index (Phi) is 10.4. The molecule has 4 nitrogen and oxygen atoms in total. The Morgan fingerprint density at radius 1 is 1.05 bits per heavy atom. The minimum Gasteiger partial charge on any atom is -0.462 e. The van der Waals surface area contributed by atoms with Crippen molar-refractivity contribution in [2.45, 2.75) is 137 Å². The normalized spacial score (nSPS) is 35.4. The number of ether oxygens (including phenoxy) is 1.